The van der Waals surface area contributed by atoms with E-state index in [-0.39, 0.29) is 12.5 Å². The van der Waals surface area contributed by atoms with Crippen LogP contribution in [0, 0.1) is 0 Å². The largest absolute Gasteiger partial charge is 0.494 e. The Balaban J connectivity index is 1.67. The van der Waals surface area contributed by atoms with E-state index in [1.165, 1.54) is 36.8 Å². The number of likely N-dealkylation sites (N-methyl/N-ethyl adjacent to an activating group) is 1. The van der Waals surface area contributed by atoms with Crippen LogP contribution in [-0.4, -0.2) is 68.0 Å². The molecule has 158 valence electrons. The molecule has 0 radical (unpaired) electrons. The first-order valence-corrected chi connectivity index (χ1v) is 10.7. The maximum Gasteiger partial charge on any atom is 0.243 e. The zero-order chi connectivity index (χ0) is 20.6. The molecule has 0 aromatic heterocycles. The Morgan fingerprint density at radius 1 is 1.24 bits per heavy atom. The Morgan fingerprint density at radius 2 is 1.97 bits per heavy atom. The number of nitrogens with one attached hydrogen (secondary N) is 1. The number of hydrogen-bond acceptors (Lipinski definition) is 3. The Labute approximate surface area is 174 Å². The number of ether oxygens (including phenoxy) is 1. The summed E-state index contributed by atoms with van der Waals surface area (Å²) in [4.78, 5) is 20.5. The van der Waals surface area contributed by atoms with Crippen molar-refractivity contribution in [2.45, 2.75) is 45.1 Å². The lowest BCUT2D eigenvalue weighted by atomic mass is 9.99. The van der Waals surface area contributed by atoms with Gasteiger partial charge in [-0.1, -0.05) is 31.1 Å². The van der Waals surface area contributed by atoms with Gasteiger partial charge in [0.1, 0.15) is 12.3 Å². The van der Waals surface area contributed by atoms with E-state index in [2.05, 4.69) is 33.4 Å². The highest BCUT2D eigenvalue weighted by Crippen LogP contribution is 2.25. The highest BCUT2D eigenvalue weighted by molar-refractivity contribution is 5.85. The first-order chi connectivity index (χ1) is 14.1. The molecule has 1 aliphatic carbocycles. The normalized spacial score (nSPS) is 17.8. The zero-order valence-corrected chi connectivity index (χ0v) is 18.0. The molecule has 0 spiro atoms. The maximum absolute atomic E-state index is 12.0. The van der Waals surface area contributed by atoms with Gasteiger partial charge in [-0.3, -0.25) is 4.79 Å². The van der Waals surface area contributed by atoms with E-state index in [1.54, 1.807) is 19.0 Å². The molecular formula is C23H34N4O2. The van der Waals surface area contributed by atoms with Crippen LogP contribution in [0.3, 0.4) is 0 Å². The number of guanidine groups is 1. The molecular weight excluding hydrogens is 364 g/mol. The van der Waals surface area contributed by atoms with Crippen molar-refractivity contribution >= 4 is 17.4 Å². The molecule has 6 heteroatoms. The van der Waals surface area contributed by atoms with Crippen LogP contribution < -0.4 is 10.1 Å². The third-order valence-electron chi connectivity index (χ3n) is 5.60. The lowest BCUT2D eigenvalue weighted by Gasteiger charge is -2.31. The summed E-state index contributed by atoms with van der Waals surface area (Å²) >= 11 is 0. The molecule has 1 amide bonds. The highest BCUT2D eigenvalue weighted by Gasteiger charge is 2.22. The molecule has 3 rings (SSSR count). The van der Waals surface area contributed by atoms with E-state index in [4.69, 9.17) is 4.74 Å². The lowest BCUT2D eigenvalue weighted by Crippen LogP contribution is -2.47. The van der Waals surface area contributed by atoms with Gasteiger partial charge in [0, 0.05) is 33.2 Å². The summed E-state index contributed by atoms with van der Waals surface area (Å²) < 4.78 is 5.54. The van der Waals surface area contributed by atoms with Gasteiger partial charge in [0.05, 0.1) is 6.61 Å². The van der Waals surface area contributed by atoms with Gasteiger partial charge >= 0.3 is 0 Å². The van der Waals surface area contributed by atoms with Gasteiger partial charge in [-0.2, -0.15) is 0 Å². The highest BCUT2D eigenvalue weighted by atomic mass is 16.5. The topological polar surface area (TPSA) is 57.2 Å². The lowest BCUT2D eigenvalue weighted by molar-refractivity contribution is -0.127. The van der Waals surface area contributed by atoms with Gasteiger partial charge in [0.15, 0.2) is 5.96 Å². The number of benzene rings is 1. The summed E-state index contributed by atoms with van der Waals surface area (Å²) in [6, 6.07) is 8.81. The van der Waals surface area contributed by atoms with Crippen molar-refractivity contribution < 1.29 is 9.53 Å². The Bertz CT molecular complexity index is 734. The van der Waals surface area contributed by atoms with Crippen LogP contribution in [0.2, 0.25) is 0 Å². The fourth-order valence-electron chi connectivity index (χ4n) is 3.83. The van der Waals surface area contributed by atoms with Crippen LogP contribution >= 0.6 is 0 Å². The molecule has 1 aromatic rings. The average molecular weight is 399 g/mol. The summed E-state index contributed by atoms with van der Waals surface area (Å²) in [7, 11) is 3.54. The van der Waals surface area contributed by atoms with Gasteiger partial charge in [0.2, 0.25) is 5.91 Å². The molecule has 1 heterocycles. The van der Waals surface area contributed by atoms with E-state index >= 15 is 0 Å². The Morgan fingerprint density at radius 3 is 2.55 bits per heavy atom. The second kappa shape index (κ2) is 10.3. The molecule has 0 saturated heterocycles. The van der Waals surface area contributed by atoms with Crippen LogP contribution in [0.1, 0.15) is 44.6 Å². The van der Waals surface area contributed by atoms with E-state index in [9.17, 15) is 4.79 Å². The van der Waals surface area contributed by atoms with Crippen LogP contribution in [-0.2, 0) is 4.79 Å². The number of amides is 1. The van der Waals surface area contributed by atoms with Crippen molar-refractivity contribution in [1.82, 2.24) is 15.1 Å². The van der Waals surface area contributed by atoms with E-state index in [1.807, 2.05) is 19.1 Å². The maximum atomic E-state index is 12.0. The monoisotopic (exact) mass is 398 g/mol. The second-order valence-electron chi connectivity index (χ2n) is 7.94. The van der Waals surface area contributed by atoms with Gasteiger partial charge in [-0.25, -0.2) is 4.99 Å². The van der Waals surface area contributed by atoms with Gasteiger partial charge in [0.25, 0.3) is 0 Å². The smallest absolute Gasteiger partial charge is 0.243 e. The predicted octanol–water partition coefficient (Wildman–Crippen LogP) is 3.15. The van der Waals surface area contributed by atoms with Crippen molar-refractivity contribution in [3.63, 3.8) is 0 Å². The predicted molar refractivity (Wildman–Crippen MR) is 118 cm³/mol. The van der Waals surface area contributed by atoms with Crippen LogP contribution in [0.4, 0.5) is 0 Å². The van der Waals surface area contributed by atoms with E-state index in [0.717, 1.165) is 31.2 Å². The summed E-state index contributed by atoms with van der Waals surface area (Å²) in [5.41, 5.74) is 2.60. The standard InChI is InChI=1S/C23H34N4O2/c1-4-29-21-11-9-18(10-12-21)19-13-15-27(16-14-19)23(24-17-22(28)26(2)3)25-20-7-5-6-8-20/h9-13,20H,4-8,14-17H2,1-3H3,(H,24,25). The van der Waals surface area contributed by atoms with Gasteiger partial charge in [-0.15, -0.1) is 0 Å². The fraction of sp³-hybridized carbons (Fsp3) is 0.565. The van der Waals surface area contributed by atoms with Crippen molar-refractivity contribution in [3.05, 3.63) is 35.9 Å². The first-order valence-electron chi connectivity index (χ1n) is 10.7. The quantitative estimate of drug-likeness (QED) is 0.591. The number of rotatable bonds is 6. The number of nitrogens with zero attached hydrogens (tertiary/aromatic N) is 3. The molecule has 6 nitrogen and oxygen atoms in total. The summed E-state index contributed by atoms with van der Waals surface area (Å²) in [6.07, 6.45) is 8.13. The van der Waals surface area contributed by atoms with E-state index in [0.29, 0.717) is 12.6 Å². The Kier molecular flexibility index (Phi) is 7.55. The second-order valence-corrected chi connectivity index (χ2v) is 7.94. The molecule has 1 fully saturated rings. The third-order valence-corrected chi connectivity index (χ3v) is 5.60. The molecule has 0 atom stereocenters. The molecule has 29 heavy (non-hydrogen) atoms. The van der Waals surface area contributed by atoms with Crippen LogP contribution in [0.25, 0.3) is 5.57 Å². The summed E-state index contributed by atoms with van der Waals surface area (Å²) in [5, 5.41) is 3.62. The molecule has 2 aliphatic rings. The average Bonchev–Trinajstić information content (AvgIpc) is 3.25. The fourth-order valence-corrected chi connectivity index (χ4v) is 3.83. The molecule has 1 aromatic carbocycles. The van der Waals surface area contributed by atoms with Crippen molar-refractivity contribution in [3.8, 4) is 5.75 Å². The number of aliphatic imine (C=N–C) groups is 1. The SMILES string of the molecule is CCOc1ccc(C2=CCN(C(=NCC(=O)N(C)C)NC3CCCC3)CC2)cc1. The van der Waals surface area contributed by atoms with Crippen molar-refractivity contribution in [2.24, 2.45) is 4.99 Å². The van der Waals surface area contributed by atoms with Crippen LogP contribution in [0.5, 0.6) is 5.75 Å². The Hall–Kier alpha value is -2.50. The van der Waals surface area contributed by atoms with Crippen LogP contribution in [0.15, 0.2) is 35.3 Å². The van der Waals surface area contributed by atoms with Gasteiger partial charge in [-0.05, 0) is 49.5 Å². The number of carbonyl (C=O) groups excluding carboxylic acids is 1. The molecule has 0 unspecified atom stereocenters. The van der Waals surface area contributed by atoms with E-state index < -0.39 is 0 Å². The summed E-state index contributed by atoms with van der Waals surface area (Å²) in [6.45, 7) is 4.57. The minimum absolute atomic E-state index is 0.0263. The molecule has 0 bridgehead atoms. The first kappa shape index (κ1) is 21.2. The van der Waals surface area contributed by atoms with Gasteiger partial charge < -0.3 is 19.9 Å². The zero-order valence-electron chi connectivity index (χ0n) is 18.0. The molecule has 1 saturated carbocycles. The van der Waals surface area contributed by atoms with Crippen molar-refractivity contribution in [2.75, 3.05) is 40.3 Å². The number of hydrogen-bond donors (Lipinski definition) is 1. The minimum Gasteiger partial charge on any atom is -0.494 e. The van der Waals surface area contributed by atoms with Crippen molar-refractivity contribution in [1.29, 1.82) is 0 Å². The third kappa shape index (κ3) is 5.99. The molecule has 1 aliphatic heterocycles. The number of carbonyl (C=O) groups is 1. The minimum atomic E-state index is 0.0263. The summed E-state index contributed by atoms with van der Waals surface area (Å²) in [5.74, 6) is 1.81. The molecule has 1 N–H and O–H groups in total.